The van der Waals surface area contributed by atoms with Crippen LogP contribution in [0.5, 0.6) is 0 Å². The lowest BCUT2D eigenvalue weighted by Gasteiger charge is -2.15. The van der Waals surface area contributed by atoms with E-state index in [0.29, 0.717) is 5.56 Å². The summed E-state index contributed by atoms with van der Waals surface area (Å²) in [5, 5.41) is 0. The van der Waals surface area contributed by atoms with Crippen LogP contribution in [0.2, 0.25) is 0 Å². The Morgan fingerprint density at radius 2 is 2.00 bits per heavy atom. The molecule has 7 heteroatoms. The van der Waals surface area contributed by atoms with Crippen molar-refractivity contribution in [2.75, 3.05) is 20.2 Å². The van der Waals surface area contributed by atoms with Crippen LogP contribution in [0.15, 0.2) is 30.3 Å². The Hall–Kier alpha value is -2.41. The van der Waals surface area contributed by atoms with Crippen LogP contribution in [0.3, 0.4) is 0 Å². The average Bonchev–Trinajstić information content (AvgIpc) is 2.76. The molecule has 1 aromatic rings. The second kappa shape index (κ2) is 6.36. The molecule has 1 aliphatic rings. The van der Waals surface area contributed by atoms with Crippen molar-refractivity contribution in [2.24, 2.45) is 5.73 Å². The quantitative estimate of drug-likeness (QED) is 0.755. The first-order valence-corrected chi connectivity index (χ1v) is 6.40. The van der Waals surface area contributed by atoms with Crippen LogP contribution >= 0.6 is 0 Å². The molecule has 1 heterocycles. The third-order valence-corrected chi connectivity index (χ3v) is 3.21. The van der Waals surface area contributed by atoms with Crippen LogP contribution < -0.4 is 5.73 Å². The number of amides is 1. The predicted molar refractivity (Wildman–Crippen MR) is 72.2 cm³/mol. The first kappa shape index (κ1) is 15.0. The van der Waals surface area contributed by atoms with Crippen LogP contribution in [0.1, 0.15) is 10.4 Å². The molecule has 2 atom stereocenters. The summed E-state index contributed by atoms with van der Waals surface area (Å²) in [4.78, 5) is 36.3. The fourth-order valence-corrected chi connectivity index (χ4v) is 2.04. The maximum atomic E-state index is 11.9. The number of likely N-dealkylation sites (tertiary alicyclic amines) is 1. The van der Waals surface area contributed by atoms with E-state index in [4.69, 9.17) is 10.5 Å². The molecule has 2 rings (SSSR count). The Bertz CT molecular complexity index is 546. The molecule has 1 amide bonds. The highest BCUT2D eigenvalue weighted by atomic mass is 16.5. The van der Waals surface area contributed by atoms with Gasteiger partial charge in [-0.15, -0.1) is 0 Å². The summed E-state index contributed by atoms with van der Waals surface area (Å²) in [6.07, 6.45) is -0.783. The molecule has 7 nitrogen and oxygen atoms in total. The molecule has 0 spiro atoms. The standard InChI is InChI=1S/C14H16N2O5/c1-20-11(17)8-16-7-10(12(15)13(16)18)21-14(19)9-5-3-2-4-6-9/h2-6,10,12H,7-8,15H2,1H3/t10-,12+/m1/s1. The van der Waals surface area contributed by atoms with Crippen molar-refractivity contribution in [2.45, 2.75) is 12.1 Å². The topological polar surface area (TPSA) is 98.9 Å². The number of ether oxygens (including phenoxy) is 2. The Morgan fingerprint density at radius 1 is 1.33 bits per heavy atom. The maximum Gasteiger partial charge on any atom is 0.338 e. The van der Waals surface area contributed by atoms with Gasteiger partial charge in [0.05, 0.1) is 19.2 Å². The van der Waals surface area contributed by atoms with Gasteiger partial charge in [-0.3, -0.25) is 9.59 Å². The zero-order chi connectivity index (χ0) is 15.4. The largest absolute Gasteiger partial charge is 0.468 e. The summed E-state index contributed by atoms with van der Waals surface area (Å²) in [6.45, 7) is -0.129. The van der Waals surface area contributed by atoms with E-state index < -0.39 is 30.0 Å². The molecule has 1 aromatic carbocycles. The van der Waals surface area contributed by atoms with Crippen molar-refractivity contribution in [3.05, 3.63) is 35.9 Å². The lowest BCUT2D eigenvalue weighted by molar-refractivity contribution is -0.145. The van der Waals surface area contributed by atoms with Crippen LogP contribution in [0, 0.1) is 0 Å². The third kappa shape index (κ3) is 3.38. The Balaban J connectivity index is 2.00. The molecule has 0 bridgehead atoms. The van der Waals surface area contributed by atoms with Gasteiger partial charge >= 0.3 is 11.9 Å². The van der Waals surface area contributed by atoms with Gasteiger partial charge in [0, 0.05) is 0 Å². The Labute approximate surface area is 121 Å². The molecule has 1 aliphatic heterocycles. The van der Waals surface area contributed by atoms with Gasteiger partial charge in [0.15, 0.2) is 0 Å². The summed E-state index contributed by atoms with van der Waals surface area (Å²) in [5.41, 5.74) is 6.11. The molecule has 1 fully saturated rings. The van der Waals surface area contributed by atoms with Gasteiger partial charge in [-0.2, -0.15) is 0 Å². The number of methoxy groups -OCH3 is 1. The van der Waals surface area contributed by atoms with Gasteiger partial charge in [-0.1, -0.05) is 18.2 Å². The molecule has 2 N–H and O–H groups in total. The second-order valence-electron chi connectivity index (χ2n) is 4.63. The van der Waals surface area contributed by atoms with E-state index in [-0.39, 0.29) is 13.1 Å². The monoisotopic (exact) mass is 292 g/mol. The van der Waals surface area contributed by atoms with Gasteiger partial charge in [-0.25, -0.2) is 4.79 Å². The Morgan fingerprint density at radius 3 is 2.62 bits per heavy atom. The van der Waals surface area contributed by atoms with Crippen molar-refractivity contribution in [3.63, 3.8) is 0 Å². The summed E-state index contributed by atoms with van der Waals surface area (Å²) in [5.74, 6) is -1.54. The highest BCUT2D eigenvalue weighted by Gasteiger charge is 2.41. The van der Waals surface area contributed by atoms with Gasteiger partial charge in [0.25, 0.3) is 0 Å². The number of hydrogen-bond donors (Lipinski definition) is 1. The minimum atomic E-state index is -0.970. The van der Waals surface area contributed by atoms with Gasteiger partial charge in [0.2, 0.25) is 5.91 Å². The normalized spacial score (nSPS) is 21.2. The molecule has 0 radical (unpaired) electrons. The third-order valence-electron chi connectivity index (χ3n) is 3.21. The highest BCUT2D eigenvalue weighted by Crippen LogP contribution is 2.15. The number of rotatable bonds is 4. The van der Waals surface area contributed by atoms with Crippen LogP contribution in [-0.2, 0) is 19.1 Å². The molecular weight excluding hydrogens is 276 g/mol. The van der Waals surface area contributed by atoms with Crippen LogP contribution in [0.4, 0.5) is 0 Å². The molecule has 0 aromatic heterocycles. The van der Waals surface area contributed by atoms with E-state index in [9.17, 15) is 14.4 Å². The smallest absolute Gasteiger partial charge is 0.338 e. The zero-order valence-electron chi connectivity index (χ0n) is 11.5. The zero-order valence-corrected chi connectivity index (χ0v) is 11.5. The summed E-state index contributed by atoms with van der Waals surface area (Å²) in [7, 11) is 1.23. The average molecular weight is 292 g/mol. The lowest BCUT2D eigenvalue weighted by Crippen LogP contribution is -2.40. The van der Waals surface area contributed by atoms with Crippen molar-refractivity contribution in [3.8, 4) is 0 Å². The lowest BCUT2D eigenvalue weighted by atomic mass is 10.2. The van der Waals surface area contributed by atoms with Crippen molar-refractivity contribution >= 4 is 17.8 Å². The Kier molecular flexibility index (Phi) is 4.54. The molecular formula is C14H16N2O5. The number of carbonyl (C=O) groups is 3. The summed E-state index contributed by atoms with van der Waals surface area (Å²) < 4.78 is 9.75. The maximum absolute atomic E-state index is 11.9. The summed E-state index contributed by atoms with van der Waals surface area (Å²) in [6, 6.07) is 7.44. The first-order valence-electron chi connectivity index (χ1n) is 6.40. The van der Waals surface area contributed by atoms with E-state index in [2.05, 4.69) is 4.74 Å². The van der Waals surface area contributed by atoms with Crippen LogP contribution in [0.25, 0.3) is 0 Å². The highest BCUT2D eigenvalue weighted by molar-refractivity contribution is 5.91. The molecule has 112 valence electrons. The van der Waals surface area contributed by atoms with E-state index in [1.807, 2.05) is 0 Å². The van der Waals surface area contributed by atoms with Crippen molar-refractivity contribution in [1.29, 1.82) is 0 Å². The summed E-state index contributed by atoms with van der Waals surface area (Å²) >= 11 is 0. The first-order chi connectivity index (χ1) is 10.0. The number of nitrogens with zero attached hydrogens (tertiary/aromatic N) is 1. The fraction of sp³-hybridized carbons (Fsp3) is 0.357. The van der Waals surface area contributed by atoms with Crippen molar-refractivity contribution in [1.82, 2.24) is 4.90 Å². The molecule has 0 saturated carbocycles. The minimum Gasteiger partial charge on any atom is -0.468 e. The number of benzene rings is 1. The van der Waals surface area contributed by atoms with Crippen LogP contribution in [-0.4, -0.2) is 55.1 Å². The second-order valence-corrected chi connectivity index (χ2v) is 4.63. The molecule has 0 unspecified atom stereocenters. The van der Waals surface area contributed by atoms with E-state index in [1.165, 1.54) is 12.0 Å². The SMILES string of the molecule is COC(=O)CN1C[C@@H](OC(=O)c2ccccc2)[C@H](N)C1=O. The van der Waals surface area contributed by atoms with E-state index in [0.717, 1.165) is 0 Å². The van der Waals surface area contributed by atoms with Gasteiger partial charge < -0.3 is 20.1 Å². The van der Waals surface area contributed by atoms with Gasteiger partial charge in [-0.05, 0) is 12.1 Å². The number of hydrogen-bond acceptors (Lipinski definition) is 6. The molecule has 21 heavy (non-hydrogen) atoms. The fourth-order valence-electron chi connectivity index (χ4n) is 2.04. The molecule has 0 aliphatic carbocycles. The van der Waals surface area contributed by atoms with Crippen molar-refractivity contribution < 1.29 is 23.9 Å². The number of carbonyl (C=O) groups excluding carboxylic acids is 3. The number of esters is 2. The molecule has 1 saturated heterocycles. The van der Waals surface area contributed by atoms with E-state index in [1.54, 1.807) is 30.3 Å². The van der Waals surface area contributed by atoms with Gasteiger partial charge in [0.1, 0.15) is 18.7 Å². The van der Waals surface area contributed by atoms with E-state index >= 15 is 0 Å². The number of nitrogens with two attached hydrogens (primary N) is 1. The predicted octanol–water partition coefficient (Wildman–Crippen LogP) is -0.446. The minimum absolute atomic E-state index is 0.0771.